The third-order valence-corrected chi connectivity index (χ3v) is 8.01. The maximum Gasteiger partial charge on any atom is 0.272 e. The molecule has 4 aromatic rings. The average Bonchev–Trinajstić information content (AvgIpc) is 2.97. The molecule has 41 heavy (non-hydrogen) atoms. The molecule has 10 heteroatoms. The Kier molecular flexibility index (Phi) is 10.5. The van der Waals surface area contributed by atoms with Gasteiger partial charge in [0.25, 0.3) is 11.8 Å². The molecule has 4 aromatic carbocycles. The summed E-state index contributed by atoms with van der Waals surface area (Å²) in [4.78, 5) is 39.6. The molecule has 1 unspecified atom stereocenters. The maximum absolute atomic E-state index is 13.3. The predicted octanol–water partition coefficient (Wildman–Crippen LogP) is 8.18. The van der Waals surface area contributed by atoms with E-state index < -0.39 is 17.1 Å². The first kappa shape index (κ1) is 30.2. The van der Waals surface area contributed by atoms with Crippen LogP contribution in [0.2, 0.25) is 15.1 Å². The van der Waals surface area contributed by atoms with Gasteiger partial charge >= 0.3 is 0 Å². The molecule has 0 bridgehead atoms. The molecule has 0 heterocycles. The number of anilines is 2. The fourth-order valence-corrected chi connectivity index (χ4v) is 5.00. The number of nitrogens with one attached hydrogen (secondary N) is 3. The molecule has 0 fully saturated rings. The Bertz CT molecular complexity index is 1600. The Balaban J connectivity index is 1.44. The molecule has 0 aliphatic rings. The Hall–Kier alpha value is -3.75. The molecule has 0 saturated heterocycles. The minimum atomic E-state index is -0.527. The van der Waals surface area contributed by atoms with Crippen molar-refractivity contribution in [2.45, 2.75) is 17.1 Å². The summed E-state index contributed by atoms with van der Waals surface area (Å²) < 4.78 is 0. The molecule has 0 spiro atoms. The minimum absolute atomic E-state index is 0.0235. The highest BCUT2D eigenvalue weighted by Crippen LogP contribution is 2.31. The summed E-state index contributed by atoms with van der Waals surface area (Å²) in [5, 5.41) is 8.91. The van der Waals surface area contributed by atoms with Gasteiger partial charge in [-0.2, -0.15) is 0 Å². The summed E-state index contributed by atoms with van der Waals surface area (Å²) in [5.74, 6) is -1.20. The van der Waals surface area contributed by atoms with Gasteiger partial charge < -0.3 is 16.0 Å². The van der Waals surface area contributed by atoms with Crippen LogP contribution >= 0.6 is 46.6 Å². The quantitative estimate of drug-likeness (QED) is 0.129. The van der Waals surface area contributed by atoms with Crippen molar-refractivity contribution in [1.82, 2.24) is 5.32 Å². The molecule has 4 rings (SSSR count). The standard InChI is InChI=1S/C31H24Cl3N3O3S/c1-19(29(38)36-26-13-7-12-25(33)28(26)34)41-23-16-14-22(15-17-23)35-31(40)27(18-21-10-5-6-11-24(21)32)37-30(39)20-8-3-2-4-9-20/h2-19H,1H3,(H,35,40)(H,36,38)(H,37,39)/b27-18-. The lowest BCUT2D eigenvalue weighted by molar-refractivity contribution is -0.115. The zero-order chi connectivity index (χ0) is 29.4. The maximum atomic E-state index is 13.3. The van der Waals surface area contributed by atoms with Crippen LogP contribution in [0.1, 0.15) is 22.8 Å². The predicted molar refractivity (Wildman–Crippen MR) is 169 cm³/mol. The van der Waals surface area contributed by atoms with Gasteiger partial charge in [0.2, 0.25) is 5.91 Å². The molecule has 3 N–H and O–H groups in total. The van der Waals surface area contributed by atoms with E-state index in [0.717, 1.165) is 4.90 Å². The topological polar surface area (TPSA) is 87.3 Å². The Morgan fingerprint density at radius 1 is 0.756 bits per heavy atom. The lowest BCUT2D eigenvalue weighted by Crippen LogP contribution is -2.30. The van der Waals surface area contributed by atoms with Crippen molar-refractivity contribution < 1.29 is 14.4 Å². The zero-order valence-corrected chi connectivity index (χ0v) is 24.7. The molecule has 0 radical (unpaired) electrons. The van der Waals surface area contributed by atoms with Crippen molar-refractivity contribution in [2.75, 3.05) is 10.6 Å². The largest absolute Gasteiger partial charge is 0.324 e. The van der Waals surface area contributed by atoms with Gasteiger partial charge in [-0.05, 0) is 73.2 Å². The van der Waals surface area contributed by atoms with Crippen LogP contribution in [0.15, 0.2) is 108 Å². The van der Waals surface area contributed by atoms with Crippen molar-refractivity contribution in [3.63, 3.8) is 0 Å². The zero-order valence-electron chi connectivity index (χ0n) is 21.7. The monoisotopic (exact) mass is 623 g/mol. The number of thioether (sulfide) groups is 1. The van der Waals surface area contributed by atoms with Crippen LogP contribution < -0.4 is 16.0 Å². The SMILES string of the molecule is CC(Sc1ccc(NC(=O)/C(=C/c2ccccc2Cl)NC(=O)c2ccccc2)cc1)C(=O)Nc1cccc(Cl)c1Cl. The van der Waals surface area contributed by atoms with Gasteiger partial charge in [-0.3, -0.25) is 14.4 Å². The number of halogens is 3. The first-order valence-corrected chi connectivity index (χ1v) is 14.4. The van der Waals surface area contributed by atoms with Gasteiger partial charge in [-0.1, -0.05) is 77.3 Å². The number of carbonyl (C=O) groups excluding carboxylic acids is 3. The highest BCUT2D eigenvalue weighted by molar-refractivity contribution is 8.00. The molecule has 3 amide bonds. The van der Waals surface area contributed by atoms with Gasteiger partial charge in [-0.15, -0.1) is 11.8 Å². The lowest BCUT2D eigenvalue weighted by Gasteiger charge is -2.14. The van der Waals surface area contributed by atoms with E-state index in [4.69, 9.17) is 34.8 Å². The van der Waals surface area contributed by atoms with E-state index in [2.05, 4.69) is 16.0 Å². The molecule has 0 saturated carbocycles. The fraction of sp³-hybridized carbons (Fsp3) is 0.0645. The van der Waals surface area contributed by atoms with Crippen LogP contribution in [-0.4, -0.2) is 23.0 Å². The van der Waals surface area contributed by atoms with E-state index in [1.807, 2.05) is 0 Å². The summed E-state index contributed by atoms with van der Waals surface area (Å²) in [7, 11) is 0. The number of benzene rings is 4. The van der Waals surface area contributed by atoms with Crippen LogP contribution in [0, 0.1) is 0 Å². The van der Waals surface area contributed by atoms with Crippen molar-refractivity contribution in [1.29, 1.82) is 0 Å². The summed E-state index contributed by atoms with van der Waals surface area (Å²) in [5.41, 5.74) is 1.94. The Morgan fingerprint density at radius 3 is 2.12 bits per heavy atom. The van der Waals surface area contributed by atoms with E-state index in [0.29, 0.717) is 32.5 Å². The fourth-order valence-electron chi connectivity index (χ4n) is 3.60. The summed E-state index contributed by atoms with van der Waals surface area (Å²) >= 11 is 19.8. The molecular formula is C31H24Cl3N3O3S. The summed E-state index contributed by atoms with van der Waals surface area (Å²) in [6.45, 7) is 1.77. The molecule has 1 atom stereocenters. The van der Waals surface area contributed by atoms with Crippen LogP contribution in [0.5, 0.6) is 0 Å². The second-order valence-electron chi connectivity index (χ2n) is 8.73. The third-order valence-electron chi connectivity index (χ3n) is 5.74. The molecule has 0 aliphatic heterocycles. The summed E-state index contributed by atoms with van der Waals surface area (Å²) in [6.07, 6.45) is 1.52. The van der Waals surface area contributed by atoms with E-state index >= 15 is 0 Å². The summed E-state index contributed by atoms with van der Waals surface area (Å²) in [6, 6.07) is 27.6. The molecular weight excluding hydrogens is 601 g/mol. The van der Waals surface area contributed by atoms with Gasteiger partial charge in [0.1, 0.15) is 5.70 Å². The van der Waals surface area contributed by atoms with Gasteiger partial charge in [0.05, 0.1) is 21.0 Å². The molecule has 0 aromatic heterocycles. The highest BCUT2D eigenvalue weighted by atomic mass is 35.5. The third kappa shape index (κ3) is 8.38. The molecule has 0 aliphatic carbocycles. The number of hydrogen-bond donors (Lipinski definition) is 3. The van der Waals surface area contributed by atoms with Crippen LogP contribution in [-0.2, 0) is 9.59 Å². The van der Waals surface area contributed by atoms with Crippen molar-refractivity contribution >= 4 is 81.7 Å². The van der Waals surface area contributed by atoms with Crippen molar-refractivity contribution in [3.05, 3.63) is 129 Å². The second-order valence-corrected chi connectivity index (χ2v) is 11.3. The first-order valence-electron chi connectivity index (χ1n) is 12.4. The minimum Gasteiger partial charge on any atom is -0.324 e. The Morgan fingerprint density at radius 2 is 1.41 bits per heavy atom. The van der Waals surface area contributed by atoms with Crippen molar-refractivity contribution in [3.8, 4) is 0 Å². The van der Waals surface area contributed by atoms with E-state index in [1.54, 1.807) is 104 Å². The first-order chi connectivity index (χ1) is 19.7. The smallest absolute Gasteiger partial charge is 0.272 e. The number of carbonyl (C=O) groups is 3. The number of rotatable bonds is 9. The van der Waals surface area contributed by atoms with E-state index in [9.17, 15) is 14.4 Å². The van der Waals surface area contributed by atoms with Crippen molar-refractivity contribution in [2.24, 2.45) is 0 Å². The number of hydrogen-bond acceptors (Lipinski definition) is 4. The average molecular weight is 625 g/mol. The number of amides is 3. The van der Waals surface area contributed by atoms with Crippen LogP contribution in [0.4, 0.5) is 11.4 Å². The molecule has 6 nitrogen and oxygen atoms in total. The normalized spacial score (nSPS) is 11.9. The van der Waals surface area contributed by atoms with Gasteiger partial charge in [-0.25, -0.2) is 0 Å². The van der Waals surface area contributed by atoms with E-state index in [1.165, 1.54) is 17.8 Å². The second kappa shape index (κ2) is 14.2. The van der Waals surface area contributed by atoms with E-state index in [-0.39, 0.29) is 16.6 Å². The van der Waals surface area contributed by atoms with Crippen LogP contribution in [0.25, 0.3) is 6.08 Å². The lowest BCUT2D eigenvalue weighted by atomic mass is 10.1. The molecule has 208 valence electrons. The van der Waals surface area contributed by atoms with Crippen LogP contribution in [0.3, 0.4) is 0 Å². The highest BCUT2D eigenvalue weighted by Gasteiger charge is 2.18. The Labute approximate surface area is 257 Å². The van der Waals surface area contributed by atoms with Gasteiger partial charge in [0.15, 0.2) is 0 Å². The van der Waals surface area contributed by atoms with Gasteiger partial charge in [0, 0.05) is 21.2 Å².